The van der Waals surface area contributed by atoms with Crippen molar-refractivity contribution in [3.8, 4) is 5.82 Å². The summed E-state index contributed by atoms with van der Waals surface area (Å²) < 4.78 is 1.83. The maximum atomic E-state index is 11.8. The topological polar surface area (TPSA) is 97.1 Å². The summed E-state index contributed by atoms with van der Waals surface area (Å²) in [7, 11) is 0. The lowest BCUT2D eigenvalue weighted by Crippen LogP contribution is -2.17. The van der Waals surface area contributed by atoms with Gasteiger partial charge < -0.3 is 10.4 Å². The number of aromatic nitrogens is 3. The number of hydrogen-bond acceptors (Lipinski definition) is 4. The van der Waals surface area contributed by atoms with Crippen LogP contribution in [0.3, 0.4) is 0 Å². The first kappa shape index (κ1) is 13.3. The van der Waals surface area contributed by atoms with Gasteiger partial charge in [-0.25, -0.2) is 9.97 Å². The van der Waals surface area contributed by atoms with Gasteiger partial charge in [-0.3, -0.25) is 14.2 Å². The number of amides is 1. The summed E-state index contributed by atoms with van der Waals surface area (Å²) in [5.74, 6) is -0.640. The molecule has 1 fully saturated rings. The van der Waals surface area contributed by atoms with E-state index in [0.717, 1.165) is 5.82 Å². The standard InChI is InChI=1S/C14H14N4O3/c1-8-15-4-5-18(8)12-3-2-9(7-16-12)17-13(19)10-6-11(10)14(20)21/h2-5,7,10-11H,6H2,1H3,(H,17,19)(H,20,21). The lowest BCUT2D eigenvalue weighted by Gasteiger charge is -2.07. The van der Waals surface area contributed by atoms with Crippen molar-refractivity contribution >= 4 is 17.6 Å². The van der Waals surface area contributed by atoms with Crippen molar-refractivity contribution in [2.24, 2.45) is 11.8 Å². The largest absolute Gasteiger partial charge is 0.481 e. The molecule has 1 aliphatic rings. The van der Waals surface area contributed by atoms with E-state index in [-0.39, 0.29) is 5.91 Å². The molecular weight excluding hydrogens is 272 g/mol. The molecule has 2 N–H and O–H groups in total. The summed E-state index contributed by atoms with van der Waals surface area (Å²) in [5.41, 5.74) is 0.553. The number of pyridine rings is 1. The van der Waals surface area contributed by atoms with Crippen LogP contribution in [0, 0.1) is 18.8 Å². The molecular formula is C14H14N4O3. The first-order valence-corrected chi connectivity index (χ1v) is 6.56. The predicted molar refractivity (Wildman–Crippen MR) is 74.0 cm³/mol. The van der Waals surface area contributed by atoms with Crippen molar-refractivity contribution in [2.45, 2.75) is 13.3 Å². The molecule has 1 saturated carbocycles. The molecule has 21 heavy (non-hydrogen) atoms. The molecule has 108 valence electrons. The third-order valence-corrected chi connectivity index (χ3v) is 3.53. The molecule has 0 bridgehead atoms. The van der Waals surface area contributed by atoms with Crippen LogP contribution >= 0.6 is 0 Å². The third-order valence-electron chi connectivity index (χ3n) is 3.53. The van der Waals surface area contributed by atoms with Crippen LogP contribution < -0.4 is 5.32 Å². The summed E-state index contributed by atoms with van der Waals surface area (Å²) >= 11 is 0. The minimum atomic E-state index is -0.917. The molecule has 7 heteroatoms. The van der Waals surface area contributed by atoms with Crippen molar-refractivity contribution in [1.82, 2.24) is 14.5 Å². The number of nitrogens with one attached hydrogen (secondary N) is 1. The van der Waals surface area contributed by atoms with E-state index >= 15 is 0 Å². The Morgan fingerprint density at radius 3 is 2.67 bits per heavy atom. The minimum absolute atomic E-state index is 0.268. The zero-order valence-corrected chi connectivity index (χ0v) is 11.4. The maximum Gasteiger partial charge on any atom is 0.307 e. The molecule has 2 heterocycles. The normalized spacial score (nSPS) is 20.0. The van der Waals surface area contributed by atoms with Crippen LogP contribution in [0.2, 0.25) is 0 Å². The van der Waals surface area contributed by atoms with Gasteiger partial charge in [0.05, 0.1) is 23.7 Å². The zero-order valence-electron chi connectivity index (χ0n) is 11.4. The number of carboxylic acids is 1. The summed E-state index contributed by atoms with van der Waals surface area (Å²) in [4.78, 5) is 31.0. The number of anilines is 1. The Balaban J connectivity index is 1.67. The quantitative estimate of drug-likeness (QED) is 0.881. The number of carbonyl (C=O) groups is 2. The van der Waals surface area contributed by atoms with Gasteiger partial charge in [0.2, 0.25) is 5.91 Å². The Morgan fingerprint density at radius 2 is 2.14 bits per heavy atom. The van der Waals surface area contributed by atoms with Gasteiger partial charge in [0, 0.05) is 12.4 Å². The summed E-state index contributed by atoms with van der Waals surface area (Å²) in [5, 5.41) is 11.5. The van der Waals surface area contributed by atoms with E-state index in [0.29, 0.717) is 17.9 Å². The Bertz CT molecular complexity index is 692. The lowest BCUT2D eigenvalue weighted by molar-refractivity contribution is -0.139. The van der Waals surface area contributed by atoms with Gasteiger partial charge in [-0.05, 0) is 25.5 Å². The van der Waals surface area contributed by atoms with Gasteiger partial charge in [0.25, 0.3) is 0 Å². The van der Waals surface area contributed by atoms with Crippen LogP contribution in [0.1, 0.15) is 12.2 Å². The van der Waals surface area contributed by atoms with Gasteiger partial charge in [-0.2, -0.15) is 0 Å². The highest BCUT2D eigenvalue weighted by molar-refractivity contribution is 5.98. The van der Waals surface area contributed by atoms with Crippen LogP contribution in [-0.2, 0) is 9.59 Å². The monoisotopic (exact) mass is 286 g/mol. The third kappa shape index (κ3) is 2.62. The molecule has 2 unspecified atom stereocenters. The molecule has 2 atom stereocenters. The number of hydrogen-bond donors (Lipinski definition) is 2. The highest BCUT2D eigenvalue weighted by atomic mass is 16.4. The molecule has 3 rings (SSSR count). The fourth-order valence-electron chi connectivity index (χ4n) is 2.22. The molecule has 2 aromatic heterocycles. The lowest BCUT2D eigenvalue weighted by atomic mass is 10.3. The van der Waals surface area contributed by atoms with Crippen LogP contribution in [0.4, 0.5) is 5.69 Å². The van der Waals surface area contributed by atoms with Crippen molar-refractivity contribution in [1.29, 1.82) is 0 Å². The molecule has 7 nitrogen and oxygen atoms in total. The summed E-state index contributed by atoms with van der Waals surface area (Å²) in [6.45, 7) is 1.87. The second-order valence-corrected chi connectivity index (χ2v) is 5.03. The zero-order chi connectivity index (χ0) is 15.0. The number of carbonyl (C=O) groups excluding carboxylic acids is 1. The Hall–Kier alpha value is -2.70. The second-order valence-electron chi connectivity index (χ2n) is 5.03. The van der Waals surface area contributed by atoms with Crippen molar-refractivity contribution < 1.29 is 14.7 Å². The van der Waals surface area contributed by atoms with E-state index < -0.39 is 17.8 Å². The Kier molecular flexibility index (Phi) is 3.17. The molecule has 1 aliphatic carbocycles. The van der Waals surface area contributed by atoms with E-state index in [4.69, 9.17) is 5.11 Å². The minimum Gasteiger partial charge on any atom is -0.481 e. The fraction of sp³-hybridized carbons (Fsp3) is 0.286. The van der Waals surface area contributed by atoms with E-state index in [9.17, 15) is 9.59 Å². The summed E-state index contributed by atoms with van der Waals surface area (Å²) in [6.07, 6.45) is 5.44. The summed E-state index contributed by atoms with van der Waals surface area (Å²) in [6, 6.07) is 3.50. The molecule has 0 spiro atoms. The Labute approximate surface area is 120 Å². The molecule has 0 radical (unpaired) electrons. The van der Waals surface area contributed by atoms with Crippen LogP contribution in [0.25, 0.3) is 5.82 Å². The van der Waals surface area contributed by atoms with E-state index in [1.165, 1.54) is 0 Å². The molecule has 0 aromatic carbocycles. The second kappa shape index (κ2) is 5.01. The smallest absolute Gasteiger partial charge is 0.307 e. The number of aliphatic carboxylic acids is 1. The SMILES string of the molecule is Cc1nccn1-c1ccc(NC(=O)C2CC2C(=O)O)cn1. The van der Waals surface area contributed by atoms with Crippen LogP contribution in [0.5, 0.6) is 0 Å². The number of rotatable bonds is 4. The molecule has 0 saturated heterocycles. The van der Waals surface area contributed by atoms with Gasteiger partial charge in [-0.1, -0.05) is 0 Å². The van der Waals surface area contributed by atoms with Gasteiger partial charge in [0.1, 0.15) is 11.6 Å². The maximum absolute atomic E-state index is 11.8. The number of carboxylic acid groups (broad SMARTS) is 1. The Morgan fingerprint density at radius 1 is 1.33 bits per heavy atom. The highest BCUT2D eigenvalue weighted by Gasteiger charge is 2.48. The van der Waals surface area contributed by atoms with Crippen molar-refractivity contribution in [3.63, 3.8) is 0 Å². The van der Waals surface area contributed by atoms with E-state index in [1.54, 1.807) is 30.7 Å². The van der Waals surface area contributed by atoms with Gasteiger partial charge in [-0.15, -0.1) is 0 Å². The van der Waals surface area contributed by atoms with E-state index in [1.807, 2.05) is 11.5 Å². The number of nitrogens with zero attached hydrogens (tertiary/aromatic N) is 3. The predicted octanol–water partition coefficient (Wildman–Crippen LogP) is 1.23. The highest BCUT2D eigenvalue weighted by Crippen LogP contribution is 2.39. The fourth-order valence-corrected chi connectivity index (χ4v) is 2.22. The average molecular weight is 286 g/mol. The van der Waals surface area contributed by atoms with E-state index in [2.05, 4.69) is 15.3 Å². The average Bonchev–Trinajstić information content (AvgIpc) is 3.16. The van der Waals surface area contributed by atoms with Crippen LogP contribution in [-0.4, -0.2) is 31.5 Å². The first-order valence-electron chi connectivity index (χ1n) is 6.56. The molecule has 0 aliphatic heterocycles. The molecule has 1 amide bonds. The van der Waals surface area contributed by atoms with Crippen LogP contribution in [0.15, 0.2) is 30.7 Å². The number of aryl methyl sites for hydroxylation is 1. The first-order chi connectivity index (χ1) is 10.1. The number of imidazole rings is 1. The van der Waals surface area contributed by atoms with Gasteiger partial charge >= 0.3 is 5.97 Å². The van der Waals surface area contributed by atoms with Crippen molar-refractivity contribution in [3.05, 3.63) is 36.5 Å². The van der Waals surface area contributed by atoms with Gasteiger partial charge in [0.15, 0.2) is 0 Å². The van der Waals surface area contributed by atoms with Crippen molar-refractivity contribution in [2.75, 3.05) is 5.32 Å². The molecule has 2 aromatic rings.